The Bertz CT molecular complexity index is 1070. The second-order valence-corrected chi connectivity index (χ2v) is 7.08. The number of benzene rings is 1. The summed E-state index contributed by atoms with van der Waals surface area (Å²) < 4.78 is 6.23. The minimum Gasteiger partial charge on any atom is -0.482 e. The normalized spacial score (nSPS) is 24.6. The van der Waals surface area contributed by atoms with E-state index in [0.29, 0.717) is 5.56 Å². The van der Waals surface area contributed by atoms with Crippen molar-refractivity contribution in [2.45, 2.75) is 24.6 Å². The van der Waals surface area contributed by atoms with E-state index in [1.54, 1.807) is 12.3 Å². The number of para-hydroxylation sites is 2. The number of anilines is 1. The summed E-state index contributed by atoms with van der Waals surface area (Å²) in [4.78, 5) is 6.92. The second kappa shape index (κ2) is 6.86. The van der Waals surface area contributed by atoms with Gasteiger partial charge in [-0.2, -0.15) is 5.26 Å². The third-order valence-corrected chi connectivity index (χ3v) is 5.43. The summed E-state index contributed by atoms with van der Waals surface area (Å²) in [5.41, 5.74) is 3.57. The summed E-state index contributed by atoms with van der Waals surface area (Å²) in [5.74, 6) is 0.906. The van der Waals surface area contributed by atoms with Crippen LogP contribution >= 0.6 is 0 Å². The van der Waals surface area contributed by atoms with Gasteiger partial charge in [0.05, 0.1) is 29.0 Å². The Hall–Kier alpha value is -3.58. The summed E-state index contributed by atoms with van der Waals surface area (Å²) in [6.07, 6.45) is 17.4. The molecule has 0 spiro atoms. The molecule has 0 bridgehead atoms. The molecule has 2 unspecified atom stereocenters. The van der Waals surface area contributed by atoms with E-state index in [2.05, 4.69) is 58.5 Å². The van der Waals surface area contributed by atoms with Crippen LogP contribution in [-0.2, 0) is 0 Å². The predicted octanol–water partition coefficient (Wildman–Crippen LogP) is 4.43. The molecule has 0 saturated heterocycles. The number of nitriles is 1. The summed E-state index contributed by atoms with van der Waals surface area (Å²) in [5, 5.41) is 9.47. The zero-order valence-electron chi connectivity index (χ0n) is 15.3. The van der Waals surface area contributed by atoms with Gasteiger partial charge in [0.2, 0.25) is 0 Å². The van der Waals surface area contributed by atoms with Crippen molar-refractivity contribution in [1.82, 2.24) is 4.98 Å². The van der Waals surface area contributed by atoms with Gasteiger partial charge in [0, 0.05) is 6.20 Å². The lowest BCUT2D eigenvalue weighted by Gasteiger charge is -2.46. The van der Waals surface area contributed by atoms with Crippen molar-refractivity contribution in [3.63, 3.8) is 0 Å². The van der Waals surface area contributed by atoms with Gasteiger partial charge in [-0.05, 0) is 42.3 Å². The first kappa shape index (κ1) is 16.6. The highest BCUT2D eigenvalue weighted by molar-refractivity contribution is 5.73. The molecule has 2 heterocycles. The molecule has 5 rings (SSSR count). The van der Waals surface area contributed by atoms with Crippen molar-refractivity contribution in [2.75, 3.05) is 4.90 Å². The fraction of sp³-hybridized carbons (Fsp3) is 0.167. The molecule has 3 atom stereocenters. The maximum absolute atomic E-state index is 9.47. The molecule has 136 valence electrons. The van der Waals surface area contributed by atoms with Gasteiger partial charge in [-0.1, -0.05) is 48.6 Å². The third-order valence-electron chi connectivity index (χ3n) is 5.43. The Morgan fingerprint density at radius 1 is 1.04 bits per heavy atom. The van der Waals surface area contributed by atoms with E-state index in [-0.39, 0.29) is 18.2 Å². The fourth-order valence-corrected chi connectivity index (χ4v) is 4.19. The van der Waals surface area contributed by atoms with Gasteiger partial charge in [-0.15, -0.1) is 0 Å². The van der Waals surface area contributed by atoms with Gasteiger partial charge < -0.3 is 9.64 Å². The maximum atomic E-state index is 9.47. The number of aromatic nitrogens is 1. The number of fused-ring (bicyclic) bond motifs is 2. The Morgan fingerprint density at radius 2 is 1.93 bits per heavy atom. The number of nitrogens with zero attached hydrogens (tertiary/aromatic N) is 3. The largest absolute Gasteiger partial charge is 0.482 e. The van der Waals surface area contributed by atoms with Crippen molar-refractivity contribution in [3.05, 3.63) is 96.4 Å². The van der Waals surface area contributed by atoms with E-state index in [4.69, 9.17) is 4.74 Å². The van der Waals surface area contributed by atoms with Gasteiger partial charge in [-0.3, -0.25) is 4.98 Å². The monoisotopic (exact) mass is 365 g/mol. The van der Waals surface area contributed by atoms with Crippen molar-refractivity contribution in [2.24, 2.45) is 0 Å². The van der Waals surface area contributed by atoms with Crippen LogP contribution in [0, 0.1) is 11.3 Å². The molecule has 3 aliphatic rings. The van der Waals surface area contributed by atoms with Gasteiger partial charge in [-0.25, -0.2) is 0 Å². The van der Waals surface area contributed by atoms with Crippen LogP contribution in [0.1, 0.15) is 17.7 Å². The average molecular weight is 365 g/mol. The predicted molar refractivity (Wildman–Crippen MR) is 110 cm³/mol. The lowest BCUT2D eigenvalue weighted by Crippen LogP contribution is -2.52. The molecule has 1 aromatic carbocycles. The Kier molecular flexibility index (Phi) is 4.06. The molecule has 0 fully saturated rings. The Morgan fingerprint density at radius 3 is 2.86 bits per heavy atom. The lowest BCUT2D eigenvalue weighted by atomic mass is 9.90. The van der Waals surface area contributed by atoms with Crippen molar-refractivity contribution in [3.8, 4) is 11.8 Å². The zero-order chi connectivity index (χ0) is 18.9. The lowest BCUT2D eigenvalue weighted by molar-refractivity contribution is 0.207. The zero-order valence-corrected chi connectivity index (χ0v) is 15.3. The maximum Gasteiger partial charge on any atom is 0.143 e. The molecule has 0 saturated carbocycles. The fourth-order valence-electron chi connectivity index (χ4n) is 4.19. The van der Waals surface area contributed by atoms with Crippen LogP contribution in [-0.4, -0.2) is 23.2 Å². The number of hydrogen-bond acceptors (Lipinski definition) is 4. The summed E-state index contributed by atoms with van der Waals surface area (Å²) in [6.45, 7) is 0. The number of pyridine rings is 1. The van der Waals surface area contributed by atoms with Crippen LogP contribution in [0.2, 0.25) is 0 Å². The highest BCUT2D eigenvalue weighted by Gasteiger charge is 2.37. The van der Waals surface area contributed by atoms with Gasteiger partial charge in [0.15, 0.2) is 0 Å². The molecular formula is C24H19N3O. The van der Waals surface area contributed by atoms with Crippen molar-refractivity contribution >= 4 is 11.3 Å². The molecule has 2 aliphatic carbocycles. The Balaban J connectivity index is 1.53. The summed E-state index contributed by atoms with van der Waals surface area (Å²) >= 11 is 0. The molecule has 4 nitrogen and oxygen atoms in total. The van der Waals surface area contributed by atoms with Crippen LogP contribution in [0.4, 0.5) is 5.69 Å². The smallest absolute Gasteiger partial charge is 0.143 e. The van der Waals surface area contributed by atoms with Crippen LogP contribution in [0.15, 0.2) is 85.1 Å². The van der Waals surface area contributed by atoms with Gasteiger partial charge in [0.1, 0.15) is 17.9 Å². The van der Waals surface area contributed by atoms with Crippen LogP contribution < -0.4 is 9.64 Å². The molecule has 1 aromatic heterocycles. The molecule has 2 aromatic rings. The first-order chi connectivity index (χ1) is 13.8. The minimum atomic E-state index is -0.00724. The molecule has 0 radical (unpaired) electrons. The van der Waals surface area contributed by atoms with E-state index in [1.807, 2.05) is 30.3 Å². The summed E-state index contributed by atoms with van der Waals surface area (Å²) in [6, 6.07) is 14.4. The van der Waals surface area contributed by atoms with Crippen LogP contribution in [0.25, 0.3) is 5.57 Å². The summed E-state index contributed by atoms with van der Waals surface area (Å²) in [7, 11) is 0. The van der Waals surface area contributed by atoms with Gasteiger partial charge >= 0.3 is 0 Å². The van der Waals surface area contributed by atoms with E-state index >= 15 is 0 Å². The minimum absolute atomic E-state index is 0.00724. The highest BCUT2D eigenvalue weighted by atomic mass is 16.5. The van der Waals surface area contributed by atoms with Crippen molar-refractivity contribution < 1.29 is 4.74 Å². The quantitative estimate of drug-likeness (QED) is 0.790. The van der Waals surface area contributed by atoms with Crippen LogP contribution in [0.5, 0.6) is 5.75 Å². The molecule has 4 heteroatoms. The highest BCUT2D eigenvalue weighted by Crippen LogP contribution is 2.41. The van der Waals surface area contributed by atoms with Crippen molar-refractivity contribution in [1.29, 1.82) is 5.26 Å². The number of rotatable bonds is 2. The van der Waals surface area contributed by atoms with E-state index in [1.165, 1.54) is 0 Å². The number of ether oxygens (including phenoxy) is 1. The van der Waals surface area contributed by atoms with E-state index < -0.39 is 0 Å². The first-order valence-corrected chi connectivity index (χ1v) is 9.47. The molecular weight excluding hydrogens is 346 g/mol. The number of allylic oxidation sites excluding steroid dienone is 4. The SMILES string of the molecule is N#Cc1cccnc1C1=CC=CC(N2c3ccccc3OC3C=CC=C[C@@H]32)C1. The average Bonchev–Trinajstić information content (AvgIpc) is 2.77. The van der Waals surface area contributed by atoms with E-state index in [0.717, 1.165) is 29.1 Å². The van der Waals surface area contributed by atoms with E-state index in [9.17, 15) is 5.26 Å². The Labute approximate surface area is 164 Å². The molecule has 28 heavy (non-hydrogen) atoms. The molecule has 1 aliphatic heterocycles. The molecule has 0 amide bonds. The second-order valence-electron chi connectivity index (χ2n) is 7.08. The number of hydrogen-bond donors (Lipinski definition) is 0. The molecule has 0 N–H and O–H groups in total. The van der Waals surface area contributed by atoms with Gasteiger partial charge in [0.25, 0.3) is 0 Å². The third kappa shape index (κ3) is 2.73. The standard InChI is InChI=1S/C24H19N3O/c25-16-18-8-6-14-26-24(18)17-7-5-9-19(15-17)27-20-10-1-3-12-22(20)28-23-13-4-2-11-21(23)27/h1-14,19-20,22H,15H2/t19?,20-,22?/m0/s1. The topological polar surface area (TPSA) is 49.2 Å². The van der Waals surface area contributed by atoms with Crippen LogP contribution in [0.3, 0.4) is 0 Å². The first-order valence-electron chi connectivity index (χ1n) is 9.47.